The number of aryl methyl sites for hydroxylation is 1. The summed E-state index contributed by atoms with van der Waals surface area (Å²) in [5.74, 6) is -0.241. The zero-order valence-electron chi connectivity index (χ0n) is 8.96. The van der Waals surface area contributed by atoms with Crippen molar-refractivity contribution in [2.75, 3.05) is 7.11 Å². The first kappa shape index (κ1) is 11.2. The summed E-state index contributed by atoms with van der Waals surface area (Å²) < 4.78 is 4.74. The fourth-order valence-electron chi connectivity index (χ4n) is 1.10. The van der Waals surface area contributed by atoms with Crippen molar-refractivity contribution in [1.29, 1.82) is 0 Å². The molecule has 0 saturated heterocycles. The Morgan fingerprint density at radius 3 is 2.71 bits per heavy atom. The van der Waals surface area contributed by atoms with Crippen LogP contribution < -0.4 is 0 Å². The molecule has 0 saturated carbocycles. The van der Waals surface area contributed by atoms with Gasteiger partial charge in [0.2, 0.25) is 0 Å². The Labute approximate surface area is 88.1 Å². The monoisotopic (exact) mass is 213 g/mol. The highest BCUT2D eigenvalue weighted by Gasteiger charge is 2.33. The van der Waals surface area contributed by atoms with Crippen LogP contribution in [0.2, 0.25) is 0 Å². The van der Waals surface area contributed by atoms with E-state index in [0.717, 1.165) is 17.1 Å². The number of hydrogen-bond donors (Lipinski definition) is 0. The number of carbonyl (C=O) groups is 1. The van der Waals surface area contributed by atoms with E-state index >= 15 is 0 Å². The van der Waals surface area contributed by atoms with Gasteiger partial charge in [-0.15, -0.1) is 11.3 Å². The second-order valence-electron chi connectivity index (χ2n) is 3.61. The molecule has 0 aromatic carbocycles. The lowest BCUT2D eigenvalue weighted by Gasteiger charge is -2.17. The molecule has 0 aliphatic heterocycles. The summed E-state index contributed by atoms with van der Waals surface area (Å²) in [7, 11) is 1.40. The lowest BCUT2D eigenvalue weighted by Crippen LogP contribution is -2.30. The van der Waals surface area contributed by atoms with Crippen LogP contribution in [-0.2, 0) is 21.4 Å². The minimum atomic E-state index is -0.632. The Hall–Kier alpha value is -0.900. The molecule has 0 amide bonds. The summed E-state index contributed by atoms with van der Waals surface area (Å²) in [4.78, 5) is 15.9. The Morgan fingerprint density at radius 1 is 1.64 bits per heavy atom. The summed E-state index contributed by atoms with van der Waals surface area (Å²) in [5, 5.41) is 2.81. The SMILES string of the molecule is CCc1csc(C(C)(C)C(=O)OC)n1. The van der Waals surface area contributed by atoms with E-state index in [1.54, 1.807) is 0 Å². The fraction of sp³-hybridized carbons (Fsp3) is 0.600. The number of esters is 1. The second-order valence-corrected chi connectivity index (χ2v) is 4.47. The number of thiazole rings is 1. The third-order valence-corrected chi connectivity index (χ3v) is 3.36. The molecule has 1 aromatic heterocycles. The van der Waals surface area contributed by atoms with E-state index < -0.39 is 5.41 Å². The number of rotatable bonds is 3. The lowest BCUT2D eigenvalue weighted by atomic mass is 9.95. The molecule has 78 valence electrons. The number of hydrogen-bond acceptors (Lipinski definition) is 4. The van der Waals surface area contributed by atoms with Crippen molar-refractivity contribution in [2.45, 2.75) is 32.6 Å². The van der Waals surface area contributed by atoms with Crippen LogP contribution in [0.1, 0.15) is 31.5 Å². The first-order valence-corrected chi connectivity index (χ1v) is 5.43. The zero-order valence-corrected chi connectivity index (χ0v) is 9.77. The highest BCUT2D eigenvalue weighted by Crippen LogP contribution is 2.27. The van der Waals surface area contributed by atoms with Gasteiger partial charge in [-0.1, -0.05) is 6.92 Å². The molecule has 0 bridgehead atoms. The van der Waals surface area contributed by atoms with Gasteiger partial charge in [0.25, 0.3) is 0 Å². The predicted octanol–water partition coefficient (Wildman–Crippen LogP) is 2.16. The highest BCUT2D eigenvalue weighted by molar-refractivity contribution is 7.10. The van der Waals surface area contributed by atoms with E-state index in [2.05, 4.69) is 4.98 Å². The zero-order chi connectivity index (χ0) is 10.8. The summed E-state index contributed by atoms with van der Waals surface area (Å²) >= 11 is 1.51. The van der Waals surface area contributed by atoms with Crippen LogP contribution in [0.15, 0.2) is 5.38 Å². The Kier molecular flexibility index (Phi) is 3.26. The van der Waals surface area contributed by atoms with Crippen molar-refractivity contribution in [3.63, 3.8) is 0 Å². The van der Waals surface area contributed by atoms with Gasteiger partial charge in [-0.05, 0) is 20.3 Å². The number of nitrogens with zero attached hydrogens (tertiary/aromatic N) is 1. The first-order chi connectivity index (χ1) is 6.52. The Bertz CT molecular complexity index is 331. The topological polar surface area (TPSA) is 39.2 Å². The second kappa shape index (κ2) is 4.09. The molecule has 0 atom stereocenters. The average Bonchev–Trinajstić information content (AvgIpc) is 2.65. The normalized spacial score (nSPS) is 11.4. The van der Waals surface area contributed by atoms with E-state index in [-0.39, 0.29) is 5.97 Å². The molecule has 0 aliphatic rings. The molecule has 0 unspecified atom stereocenters. The molecule has 14 heavy (non-hydrogen) atoms. The fourth-order valence-corrected chi connectivity index (χ4v) is 2.11. The number of aromatic nitrogens is 1. The van der Waals surface area contributed by atoms with E-state index in [9.17, 15) is 4.79 Å². The van der Waals surface area contributed by atoms with Gasteiger partial charge < -0.3 is 4.74 Å². The average molecular weight is 213 g/mol. The third kappa shape index (κ3) is 1.95. The maximum absolute atomic E-state index is 11.5. The van der Waals surface area contributed by atoms with Crippen LogP contribution >= 0.6 is 11.3 Å². The quantitative estimate of drug-likeness (QED) is 0.722. The van der Waals surface area contributed by atoms with E-state index in [1.165, 1.54) is 18.4 Å². The Balaban J connectivity index is 2.97. The van der Waals surface area contributed by atoms with Crippen molar-refractivity contribution < 1.29 is 9.53 Å². The van der Waals surface area contributed by atoms with Crippen LogP contribution in [0.25, 0.3) is 0 Å². The standard InChI is InChI=1S/C10H15NO2S/c1-5-7-6-14-8(11-7)10(2,3)9(12)13-4/h6H,5H2,1-4H3. The molecule has 1 rings (SSSR count). The molecule has 0 spiro atoms. The van der Waals surface area contributed by atoms with Gasteiger partial charge in [-0.3, -0.25) is 4.79 Å². The van der Waals surface area contributed by atoms with Crippen LogP contribution in [0.4, 0.5) is 0 Å². The minimum absolute atomic E-state index is 0.241. The minimum Gasteiger partial charge on any atom is -0.468 e. The van der Waals surface area contributed by atoms with Crippen molar-refractivity contribution in [1.82, 2.24) is 4.98 Å². The summed E-state index contributed by atoms with van der Waals surface area (Å²) in [6.07, 6.45) is 0.897. The molecule has 4 heteroatoms. The van der Waals surface area contributed by atoms with E-state index in [4.69, 9.17) is 4.74 Å². The number of methoxy groups -OCH3 is 1. The molecular weight excluding hydrogens is 198 g/mol. The van der Waals surface area contributed by atoms with Crippen LogP contribution in [0.5, 0.6) is 0 Å². The molecule has 0 fully saturated rings. The van der Waals surface area contributed by atoms with E-state index in [1.807, 2.05) is 26.2 Å². The van der Waals surface area contributed by atoms with Crippen LogP contribution in [0, 0.1) is 0 Å². The van der Waals surface area contributed by atoms with Crippen molar-refractivity contribution in [2.24, 2.45) is 0 Å². The van der Waals surface area contributed by atoms with Gasteiger partial charge in [-0.25, -0.2) is 4.98 Å². The molecular formula is C10H15NO2S. The van der Waals surface area contributed by atoms with Gasteiger partial charge >= 0.3 is 5.97 Å². The first-order valence-electron chi connectivity index (χ1n) is 4.55. The maximum Gasteiger partial charge on any atom is 0.318 e. The summed E-state index contributed by atoms with van der Waals surface area (Å²) in [5.41, 5.74) is 0.398. The van der Waals surface area contributed by atoms with Crippen molar-refractivity contribution in [3.05, 3.63) is 16.1 Å². The molecule has 0 N–H and O–H groups in total. The number of carbonyl (C=O) groups excluding carboxylic acids is 1. The van der Waals surface area contributed by atoms with Crippen molar-refractivity contribution >= 4 is 17.3 Å². The van der Waals surface area contributed by atoms with E-state index in [0.29, 0.717) is 0 Å². The molecule has 1 aromatic rings. The third-order valence-electron chi connectivity index (χ3n) is 2.14. The van der Waals surface area contributed by atoms with Gasteiger partial charge in [0.05, 0.1) is 12.8 Å². The van der Waals surface area contributed by atoms with Gasteiger partial charge in [0.15, 0.2) is 0 Å². The van der Waals surface area contributed by atoms with Crippen LogP contribution in [-0.4, -0.2) is 18.1 Å². The van der Waals surface area contributed by atoms with Gasteiger partial charge in [0.1, 0.15) is 10.4 Å². The molecule has 0 aliphatic carbocycles. The molecule has 3 nitrogen and oxygen atoms in total. The van der Waals surface area contributed by atoms with Gasteiger partial charge in [-0.2, -0.15) is 0 Å². The smallest absolute Gasteiger partial charge is 0.318 e. The molecule has 1 heterocycles. The largest absolute Gasteiger partial charge is 0.468 e. The molecule has 0 radical (unpaired) electrons. The highest BCUT2D eigenvalue weighted by atomic mass is 32.1. The van der Waals surface area contributed by atoms with Crippen molar-refractivity contribution in [3.8, 4) is 0 Å². The van der Waals surface area contributed by atoms with Crippen LogP contribution in [0.3, 0.4) is 0 Å². The predicted molar refractivity (Wildman–Crippen MR) is 56.5 cm³/mol. The summed E-state index contributed by atoms with van der Waals surface area (Å²) in [6.45, 7) is 5.71. The van der Waals surface area contributed by atoms with Gasteiger partial charge in [0, 0.05) is 5.38 Å². The maximum atomic E-state index is 11.5. The lowest BCUT2D eigenvalue weighted by molar-refractivity contribution is -0.146. The summed E-state index contributed by atoms with van der Waals surface area (Å²) in [6, 6.07) is 0. The Morgan fingerprint density at radius 2 is 2.29 bits per heavy atom. The number of ether oxygens (including phenoxy) is 1.